The highest BCUT2D eigenvalue weighted by Crippen LogP contribution is 2.44. The first-order valence-corrected chi connectivity index (χ1v) is 7.50. The Morgan fingerprint density at radius 3 is 2.73 bits per heavy atom. The molecule has 2 aliphatic carbocycles. The second kappa shape index (κ2) is 4.79. The van der Waals surface area contributed by atoms with E-state index >= 15 is 0 Å². The molecule has 2 saturated carbocycles. The van der Waals surface area contributed by atoms with Gasteiger partial charge in [0.1, 0.15) is 22.9 Å². The van der Waals surface area contributed by atoms with Gasteiger partial charge < -0.3 is 14.8 Å². The molecule has 0 radical (unpaired) electrons. The van der Waals surface area contributed by atoms with Crippen molar-refractivity contribution in [1.29, 1.82) is 0 Å². The number of rotatable bonds is 4. The third-order valence-electron chi connectivity index (χ3n) is 4.03. The number of hydrogen-bond donors (Lipinski definition) is 2. The molecule has 2 aromatic rings. The molecule has 0 aromatic carbocycles. The van der Waals surface area contributed by atoms with Crippen LogP contribution in [0.15, 0.2) is 15.4 Å². The maximum atomic E-state index is 12.4. The van der Waals surface area contributed by atoms with Gasteiger partial charge in [-0.3, -0.25) is 9.59 Å². The lowest BCUT2D eigenvalue weighted by molar-refractivity contribution is 0.102. The number of carbonyl (C=O) groups is 1. The van der Waals surface area contributed by atoms with Crippen LogP contribution in [0, 0.1) is 6.92 Å². The van der Waals surface area contributed by atoms with Crippen LogP contribution in [0.25, 0.3) is 0 Å². The molecule has 7 heteroatoms. The summed E-state index contributed by atoms with van der Waals surface area (Å²) < 4.78 is 5.30. The topological polar surface area (TPSA) is 101 Å². The smallest absolute Gasteiger partial charge is 0.274 e. The van der Waals surface area contributed by atoms with Crippen LogP contribution in [-0.2, 0) is 0 Å². The average molecular weight is 300 g/mol. The van der Waals surface area contributed by atoms with Gasteiger partial charge in [-0.05, 0) is 32.6 Å². The Morgan fingerprint density at radius 1 is 1.32 bits per heavy atom. The van der Waals surface area contributed by atoms with Crippen molar-refractivity contribution in [2.45, 2.75) is 44.4 Å². The highest BCUT2D eigenvalue weighted by Gasteiger charge is 2.33. The Labute approximate surface area is 126 Å². The van der Waals surface area contributed by atoms with Gasteiger partial charge in [0.2, 0.25) is 0 Å². The van der Waals surface area contributed by atoms with Gasteiger partial charge in [0.05, 0.1) is 0 Å². The minimum Gasteiger partial charge on any atom is -0.359 e. The molecule has 114 valence electrons. The number of nitrogens with one attached hydrogen (secondary N) is 2. The van der Waals surface area contributed by atoms with E-state index < -0.39 is 5.91 Å². The lowest BCUT2D eigenvalue weighted by atomic mass is 10.2. The second-order valence-corrected chi connectivity index (χ2v) is 6.03. The highest BCUT2D eigenvalue weighted by molar-refractivity contribution is 6.03. The third kappa shape index (κ3) is 2.43. The third-order valence-corrected chi connectivity index (χ3v) is 4.03. The van der Waals surface area contributed by atoms with E-state index in [0.29, 0.717) is 23.1 Å². The number of hydrogen-bond acceptors (Lipinski definition) is 5. The second-order valence-electron chi connectivity index (χ2n) is 6.03. The molecule has 2 aromatic heterocycles. The van der Waals surface area contributed by atoms with Gasteiger partial charge >= 0.3 is 0 Å². The number of aromatic nitrogens is 3. The van der Waals surface area contributed by atoms with Crippen molar-refractivity contribution in [1.82, 2.24) is 15.1 Å². The largest absolute Gasteiger partial charge is 0.359 e. The van der Waals surface area contributed by atoms with Gasteiger partial charge in [-0.2, -0.15) is 0 Å². The molecule has 4 rings (SSSR count). The maximum absolute atomic E-state index is 12.4. The molecule has 0 aliphatic heterocycles. The number of amides is 1. The van der Waals surface area contributed by atoms with E-state index in [9.17, 15) is 9.59 Å². The minimum atomic E-state index is -0.402. The molecule has 0 bridgehead atoms. The SMILES string of the molecule is Cc1noc(C2CC2)c1NC(=O)c1cc(=O)[nH]c(C2CC2)n1. The quantitative estimate of drug-likeness (QED) is 0.900. The van der Waals surface area contributed by atoms with E-state index in [-0.39, 0.29) is 17.2 Å². The number of aromatic amines is 1. The highest BCUT2D eigenvalue weighted by atomic mass is 16.5. The van der Waals surface area contributed by atoms with E-state index in [4.69, 9.17) is 4.52 Å². The number of nitrogens with zero attached hydrogens (tertiary/aromatic N) is 2. The maximum Gasteiger partial charge on any atom is 0.274 e. The zero-order valence-corrected chi connectivity index (χ0v) is 12.2. The van der Waals surface area contributed by atoms with E-state index in [2.05, 4.69) is 20.4 Å². The van der Waals surface area contributed by atoms with Gasteiger partial charge in [0.25, 0.3) is 11.5 Å². The van der Waals surface area contributed by atoms with E-state index in [1.54, 1.807) is 6.92 Å². The van der Waals surface area contributed by atoms with Gasteiger partial charge in [-0.15, -0.1) is 0 Å². The van der Waals surface area contributed by atoms with Crippen LogP contribution in [0.3, 0.4) is 0 Å². The number of H-pyrrole nitrogens is 1. The Balaban J connectivity index is 1.62. The van der Waals surface area contributed by atoms with Gasteiger partial charge in [-0.1, -0.05) is 5.16 Å². The Hall–Kier alpha value is -2.44. The Kier molecular flexibility index (Phi) is 2.88. The van der Waals surface area contributed by atoms with Crippen LogP contribution in [0.2, 0.25) is 0 Å². The van der Waals surface area contributed by atoms with Gasteiger partial charge in [0, 0.05) is 17.9 Å². The molecule has 0 saturated heterocycles. The van der Waals surface area contributed by atoms with Crippen molar-refractivity contribution in [3.63, 3.8) is 0 Å². The standard InChI is InChI=1S/C15H16N4O3/c1-7-12(13(22-19-7)8-2-3-8)18-15(21)10-6-11(20)17-14(16-10)9-4-5-9/h6,8-9H,2-5H2,1H3,(H,18,21)(H,16,17,20). The molecule has 2 fully saturated rings. The van der Waals surface area contributed by atoms with Gasteiger partial charge in [-0.25, -0.2) is 4.98 Å². The van der Waals surface area contributed by atoms with Crippen LogP contribution in [0.4, 0.5) is 5.69 Å². The summed E-state index contributed by atoms with van der Waals surface area (Å²) in [6.45, 7) is 1.78. The Morgan fingerprint density at radius 2 is 2.05 bits per heavy atom. The van der Waals surface area contributed by atoms with Crippen molar-refractivity contribution in [2.75, 3.05) is 5.32 Å². The summed E-state index contributed by atoms with van der Waals surface area (Å²) >= 11 is 0. The summed E-state index contributed by atoms with van der Waals surface area (Å²) in [6, 6.07) is 1.22. The molecule has 0 spiro atoms. The molecule has 2 heterocycles. The van der Waals surface area contributed by atoms with Crippen LogP contribution >= 0.6 is 0 Å². The molecule has 22 heavy (non-hydrogen) atoms. The zero-order chi connectivity index (χ0) is 15.3. The predicted octanol–water partition coefficient (Wildman–Crippen LogP) is 2.07. The molecular weight excluding hydrogens is 284 g/mol. The van der Waals surface area contributed by atoms with Crippen molar-refractivity contribution in [2.24, 2.45) is 0 Å². The summed E-state index contributed by atoms with van der Waals surface area (Å²) in [4.78, 5) is 31.1. The fourth-order valence-electron chi connectivity index (χ4n) is 2.48. The number of anilines is 1. The van der Waals surface area contributed by atoms with Crippen molar-refractivity contribution in [3.8, 4) is 0 Å². The molecule has 0 unspecified atom stereocenters. The first-order valence-electron chi connectivity index (χ1n) is 7.50. The zero-order valence-electron chi connectivity index (χ0n) is 12.2. The van der Waals surface area contributed by atoms with E-state index in [0.717, 1.165) is 31.4 Å². The van der Waals surface area contributed by atoms with Crippen LogP contribution in [0.5, 0.6) is 0 Å². The predicted molar refractivity (Wildman–Crippen MR) is 78.0 cm³/mol. The summed E-state index contributed by atoms with van der Waals surface area (Å²) in [5.74, 6) is 1.53. The molecule has 1 amide bonds. The molecule has 2 aliphatic rings. The lowest BCUT2D eigenvalue weighted by Crippen LogP contribution is -2.20. The monoisotopic (exact) mass is 300 g/mol. The molecule has 2 N–H and O–H groups in total. The summed E-state index contributed by atoms with van der Waals surface area (Å²) in [7, 11) is 0. The summed E-state index contributed by atoms with van der Waals surface area (Å²) in [6.07, 6.45) is 4.11. The number of aryl methyl sites for hydroxylation is 1. The lowest BCUT2D eigenvalue weighted by Gasteiger charge is -2.06. The van der Waals surface area contributed by atoms with Crippen LogP contribution in [-0.4, -0.2) is 21.0 Å². The fraction of sp³-hybridized carbons (Fsp3) is 0.467. The fourth-order valence-corrected chi connectivity index (χ4v) is 2.48. The van der Waals surface area contributed by atoms with Crippen molar-refractivity contribution >= 4 is 11.6 Å². The normalized spacial score (nSPS) is 17.5. The van der Waals surface area contributed by atoms with Crippen molar-refractivity contribution < 1.29 is 9.32 Å². The summed E-state index contributed by atoms with van der Waals surface area (Å²) in [5, 5.41) is 6.72. The number of carbonyl (C=O) groups excluding carboxylic acids is 1. The van der Waals surface area contributed by atoms with Crippen LogP contribution < -0.4 is 10.9 Å². The molecule has 0 atom stereocenters. The molecule has 7 nitrogen and oxygen atoms in total. The minimum absolute atomic E-state index is 0.132. The Bertz CT molecular complexity index is 799. The average Bonchev–Trinajstić information content (AvgIpc) is 3.38. The molecular formula is C15H16N4O3. The van der Waals surface area contributed by atoms with Crippen molar-refractivity contribution in [3.05, 3.63) is 39.4 Å². The van der Waals surface area contributed by atoms with E-state index in [1.165, 1.54) is 6.07 Å². The van der Waals surface area contributed by atoms with Crippen LogP contribution in [0.1, 0.15) is 65.3 Å². The summed E-state index contributed by atoms with van der Waals surface area (Å²) in [5.41, 5.74) is 1.09. The first kappa shape index (κ1) is 13.2. The first-order chi connectivity index (χ1) is 10.6. The van der Waals surface area contributed by atoms with Gasteiger partial charge in [0.15, 0.2) is 5.76 Å². The van der Waals surface area contributed by atoms with E-state index in [1.807, 2.05) is 0 Å².